The van der Waals surface area contributed by atoms with Gasteiger partial charge in [-0.15, -0.1) is 0 Å². The number of benzene rings is 2. The first-order valence-electron chi connectivity index (χ1n) is 7.12. The molecule has 0 bridgehead atoms. The molecule has 0 atom stereocenters. The van der Waals surface area contributed by atoms with Gasteiger partial charge in [-0.25, -0.2) is 4.39 Å². The Morgan fingerprint density at radius 3 is 2.48 bits per heavy atom. The van der Waals surface area contributed by atoms with Crippen molar-refractivity contribution >= 4 is 0 Å². The number of rotatable bonds is 4. The molecule has 0 aromatic heterocycles. The van der Waals surface area contributed by atoms with E-state index in [1.807, 2.05) is 37.3 Å². The molecule has 0 saturated carbocycles. The summed E-state index contributed by atoms with van der Waals surface area (Å²) < 4.78 is 19.9. The second-order valence-electron chi connectivity index (χ2n) is 6.25. The Hall–Kier alpha value is -1.87. The second kappa shape index (κ2) is 6.27. The molecular formula is C18H22FNO. The van der Waals surface area contributed by atoms with Crippen molar-refractivity contribution in [3.8, 4) is 11.5 Å². The summed E-state index contributed by atoms with van der Waals surface area (Å²) in [5.41, 5.74) is 1.86. The zero-order valence-corrected chi connectivity index (χ0v) is 13.0. The molecular weight excluding hydrogens is 265 g/mol. The van der Waals surface area contributed by atoms with Gasteiger partial charge in [0.05, 0.1) is 0 Å². The number of para-hydroxylation sites is 1. The molecule has 0 fully saturated rings. The Bertz CT molecular complexity index is 617. The van der Waals surface area contributed by atoms with Crippen LogP contribution in [0.25, 0.3) is 0 Å². The number of aryl methyl sites for hydroxylation is 1. The molecule has 0 aliphatic carbocycles. The molecule has 0 saturated heterocycles. The van der Waals surface area contributed by atoms with Crippen LogP contribution in [0.2, 0.25) is 0 Å². The highest BCUT2D eigenvalue weighted by molar-refractivity contribution is 5.40. The predicted octanol–water partition coefficient (Wildman–Crippen LogP) is 4.81. The minimum Gasteiger partial charge on any atom is -0.454 e. The van der Waals surface area contributed by atoms with Crippen LogP contribution in [-0.2, 0) is 6.54 Å². The average molecular weight is 287 g/mol. The summed E-state index contributed by atoms with van der Waals surface area (Å²) >= 11 is 0. The van der Waals surface area contributed by atoms with Gasteiger partial charge in [0.2, 0.25) is 0 Å². The van der Waals surface area contributed by atoms with E-state index in [0.29, 0.717) is 18.0 Å². The fraction of sp³-hybridized carbons (Fsp3) is 0.333. The lowest BCUT2D eigenvalue weighted by Crippen LogP contribution is -2.35. The van der Waals surface area contributed by atoms with Crippen LogP contribution in [0.1, 0.15) is 31.9 Å². The van der Waals surface area contributed by atoms with Crippen molar-refractivity contribution in [3.05, 3.63) is 59.4 Å². The van der Waals surface area contributed by atoms with Gasteiger partial charge in [-0.2, -0.15) is 0 Å². The quantitative estimate of drug-likeness (QED) is 0.871. The Morgan fingerprint density at radius 1 is 1.10 bits per heavy atom. The molecule has 0 amide bonds. The van der Waals surface area contributed by atoms with E-state index < -0.39 is 0 Å². The van der Waals surface area contributed by atoms with E-state index in [0.717, 1.165) is 11.1 Å². The molecule has 0 radical (unpaired) electrons. The van der Waals surface area contributed by atoms with Crippen LogP contribution in [-0.4, -0.2) is 5.54 Å². The molecule has 0 aliphatic heterocycles. The molecule has 2 rings (SSSR count). The third kappa shape index (κ3) is 4.57. The highest BCUT2D eigenvalue weighted by Crippen LogP contribution is 2.29. The van der Waals surface area contributed by atoms with E-state index in [1.165, 1.54) is 6.07 Å². The van der Waals surface area contributed by atoms with Gasteiger partial charge in [0.25, 0.3) is 0 Å². The summed E-state index contributed by atoms with van der Waals surface area (Å²) in [6.45, 7) is 8.77. The Balaban J connectivity index is 2.25. The summed E-state index contributed by atoms with van der Waals surface area (Å²) in [7, 11) is 0. The number of hydrogen-bond acceptors (Lipinski definition) is 2. The first kappa shape index (κ1) is 15.5. The predicted molar refractivity (Wildman–Crippen MR) is 84.2 cm³/mol. The van der Waals surface area contributed by atoms with Crippen LogP contribution in [0.15, 0.2) is 42.5 Å². The van der Waals surface area contributed by atoms with Crippen LogP contribution < -0.4 is 10.1 Å². The smallest absolute Gasteiger partial charge is 0.167 e. The van der Waals surface area contributed by atoms with E-state index in [4.69, 9.17) is 4.74 Å². The van der Waals surface area contributed by atoms with Crippen molar-refractivity contribution in [1.29, 1.82) is 0 Å². The topological polar surface area (TPSA) is 21.3 Å². The fourth-order valence-electron chi connectivity index (χ4n) is 1.96. The Kier molecular flexibility index (Phi) is 4.63. The van der Waals surface area contributed by atoms with Gasteiger partial charge < -0.3 is 10.1 Å². The van der Waals surface area contributed by atoms with E-state index in [1.54, 1.807) is 6.07 Å². The first-order chi connectivity index (χ1) is 9.85. The fourth-order valence-corrected chi connectivity index (χ4v) is 1.96. The van der Waals surface area contributed by atoms with Crippen molar-refractivity contribution in [2.75, 3.05) is 0 Å². The number of halogens is 1. The SMILES string of the molecule is Cc1cccc(Oc2c(F)cccc2CNC(C)(C)C)c1. The van der Waals surface area contributed by atoms with Crippen LogP contribution in [0.5, 0.6) is 11.5 Å². The highest BCUT2D eigenvalue weighted by atomic mass is 19.1. The van der Waals surface area contributed by atoms with Gasteiger partial charge in [0, 0.05) is 17.6 Å². The van der Waals surface area contributed by atoms with Crippen molar-refractivity contribution < 1.29 is 9.13 Å². The van der Waals surface area contributed by atoms with E-state index in [9.17, 15) is 4.39 Å². The lowest BCUT2D eigenvalue weighted by atomic mass is 10.1. The van der Waals surface area contributed by atoms with Crippen LogP contribution in [0.4, 0.5) is 4.39 Å². The molecule has 3 heteroatoms. The van der Waals surface area contributed by atoms with Gasteiger partial charge in [0.1, 0.15) is 5.75 Å². The summed E-state index contributed by atoms with van der Waals surface area (Å²) in [6.07, 6.45) is 0. The third-order valence-corrected chi connectivity index (χ3v) is 3.07. The molecule has 21 heavy (non-hydrogen) atoms. The van der Waals surface area contributed by atoms with Gasteiger partial charge in [-0.3, -0.25) is 0 Å². The highest BCUT2D eigenvalue weighted by Gasteiger charge is 2.14. The summed E-state index contributed by atoms with van der Waals surface area (Å²) in [4.78, 5) is 0. The number of nitrogens with one attached hydrogen (secondary N) is 1. The van der Waals surface area contributed by atoms with Crippen LogP contribution in [0, 0.1) is 12.7 Å². The molecule has 0 spiro atoms. The zero-order valence-electron chi connectivity index (χ0n) is 13.0. The monoisotopic (exact) mass is 287 g/mol. The lowest BCUT2D eigenvalue weighted by Gasteiger charge is -2.21. The minimum atomic E-state index is -0.343. The maximum Gasteiger partial charge on any atom is 0.167 e. The Labute approximate surface area is 126 Å². The van der Waals surface area contributed by atoms with Gasteiger partial charge in [0.15, 0.2) is 11.6 Å². The molecule has 0 heterocycles. The van der Waals surface area contributed by atoms with Crippen molar-refractivity contribution in [3.63, 3.8) is 0 Å². The third-order valence-electron chi connectivity index (χ3n) is 3.07. The standard InChI is InChI=1S/C18H22FNO/c1-13-7-5-9-15(11-13)21-17-14(8-6-10-16(17)19)12-20-18(2,3)4/h5-11,20H,12H2,1-4H3. The van der Waals surface area contributed by atoms with E-state index in [2.05, 4.69) is 26.1 Å². The molecule has 1 N–H and O–H groups in total. The van der Waals surface area contributed by atoms with E-state index >= 15 is 0 Å². The van der Waals surface area contributed by atoms with Gasteiger partial charge >= 0.3 is 0 Å². The van der Waals surface area contributed by atoms with Gasteiger partial charge in [-0.05, 0) is 51.5 Å². The Morgan fingerprint density at radius 2 is 1.81 bits per heavy atom. The number of hydrogen-bond donors (Lipinski definition) is 1. The first-order valence-corrected chi connectivity index (χ1v) is 7.12. The summed E-state index contributed by atoms with van der Waals surface area (Å²) in [5, 5.41) is 3.36. The molecule has 112 valence electrons. The summed E-state index contributed by atoms with van der Waals surface area (Å²) in [6, 6.07) is 12.6. The minimum absolute atomic E-state index is 0.0348. The van der Waals surface area contributed by atoms with Crippen molar-refractivity contribution in [2.24, 2.45) is 0 Å². The van der Waals surface area contributed by atoms with Crippen LogP contribution in [0.3, 0.4) is 0 Å². The maximum absolute atomic E-state index is 14.1. The normalized spacial score (nSPS) is 11.5. The molecule has 2 nitrogen and oxygen atoms in total. The largest absolute Gasteiger partial charge is 0.454 e. The molecule has 0 unspecified atom stereocenters. The van der Waals surface area contributed by atoms with Crippen LogP contribution >= 0.6 is 0 Å². The van der Waals surface area contributed by atoms with Gasteiger partial charge in [-0.1, -0.05) is 24.3 Å². The van der Waals surface area contributed by atoms with Crippen molar-refractivity contribution in [2.45, 2.75) is 39.8 Å². The summed E-state index contributed by atoms with van der Waals surface area (Å²) in [5.74, 6) is 0.599. The molecule has 0 aliphatic rings. The zero-order chi connectivity index (χ0) is 15.5. The average Bonchev–Trinajstić information content (AvgIpc) is 2.39. The lowest BCUT2D eigenvalue weighted by molar-refractivity contribution is 0.404. The van der Waals surface area contributed by atoms with E-state index in [-0.39, 0.29) is 11.4 Å². The molecule has 2 aromatic rings. The second-order valence-corrected chi connectivity index (χ2v) is 6.25. The maximum atomic E-state index is 14.1. The number of ether oxygens (including phenoxy) is 1. The molecule has 2 aromatic carbocycles. The van der Waals surface area contributed by atoms with Crippen molar-refractivity contribution in [1.82, 2.24) is 5.32 Å².